The number of ether oxygens (including phenoxy) is 2. The van der Waals surface area contributed by atoms with Crippen LogP contribution in [-0.4, -0.2) is 37.5 Å². The van der Waals surface area contributed by atoms with Crippen molar-refractivity contribution in [3.8, 4) is 5.75 Å². The second-order valence-corrected chi connectivity index (χ2v) is 6.89. The molecule has 2 aromatic rings. The molecule has 1 atom stereocenters. The number of hydrogen-bond acceptors (Lipinski definition) is 5. The zero-order chi connectivity index (χ0) is 22.5. The van der Waals surface area contributed by atoms with Crippen LogP contribution in [0.1, 0.15) is 20.3 Å². The van der Waals surface area contributed by atoms with Crippen LogP contribution in [0.25, 0.3) is 0 Å². The number of rotatable bonds is 7. The lowest BCUT2D eigenvalue weighted by atomic mass is 10.0. The molecule has 1 N–H and O–H groups in total. The van der Waals surface area contributed by atoms with Gasteiger partial charge in [0.15, 0.2) is 0 Å². The number of hydrogen-bond donors (Lipinski definition) is 1. The number of carbonyl (C=O) groups excluding carboxylic acids is 3. The summed E-state index contributed by atoms with van der Waals surface area (Å²) in [6.07, 6.45) is -0.305. The molecular weight excluding hydrogens is 403 g/mol. The lowest BCUT2D eigenvalue weighted by Crippen LogP contribution is -2.35. The third-order valence-corrected chi connectivity index (χ3v) is 4.92. The Kier molecular flexibility index (Phi) is 6.69. The van der Waals surface area contributed by atoms with Gasteiger partial charge in [0.1, 0.15) is 11.6 Å². The number of esters is 1. The van der Waals surface area contributed by atoms with Gasteiger partial charge >= 0.3 is 5.97 Å². The van der Waals surface area contributed by atoms with Gasteiger partial charge in [-0.1, -0.05) is 0 Å². The highest BCUT2D eigenvalue weighted by molar-refractivity contribution is 6.18. The minimum Gasteiger partial charge on any atom is -0.497 e. The van der Waals surface area contributed by atoms with Crippen molar-refractivity contribution < 1.29 is 28.2 Å². The third-order valence-electron chi connectivity index (χ3n) is 4.92. The number of methoxy groups -OCH3 is 1. The summed E-state index contributed by atoms with van der Waals surface area (Å²) in [6, 6.07) is 11.4. The lowest BCUT2D eigenvalue weighted by molar-refractivity contribution is -0.138. The van der Waals surface area contributed by atoms with Crippen molar-refractivity contribution in [2.24, 2.45) is 0 Å². The van der Waals surface area contributed by atoms with Gasteiger partial charge in [0.2, 0.25) is 5.91 Å². The molecule has 0 saturated carbocycles. The fraction of sp³-hybridized carbons (Fsp3) is 0.261. The van der Waals surface area contributed by atoms with Gasteiger partial charge < -0.3 is 19.7 Å². The normalized spacial score (nSPS) is 15.8. The fourth-order valence-corrected chi connectivity index (χ4v) is 3.47. The van der Waals surface area contributed by atoms with E-state index in [2.05, 4.69) is 5.32 Å². The van der Waals surface area contributed by atoms with Gasteiger partial charge in [-0.05, 0) is 62.4 Å². The van der Waals surface area contributed by atoms with Crippen LogP contribution in [0.2, 0.25) is 0 Å². The average Bonchev–Trinajstić information content (AvgIpc) is 2.99. The van der Waals surface area contributed by atoms with Crippen LogP contribution >= 0.6 is 0 Å². The van der Waals surface area contributed by atoms with Gasteiger partial charge in [0, 0.05) is 16.9 Å². The molecule has 31 heavy (non-hydrogen) atoms. The van der Waals surface area contributed by atoms with Crippen LogP contribution in [0, 0.1) is 5.82 Å². The highest BCUT2D eigenvalue weighted by atomic mass is 19.1. The van der Waals surface area contributed by atoms with Crippen molar-refractivity contribution in [1.82, 2.24) is 0 Å². The Morgan fingerprint density at radius 3 is 2.32 bits per heavy atom. The smallest absolute Gasteiger partial charge is 0.336 e. The highest BCUT2D eigenvalue weighted by Crippen LogP contribution is 2.33. The molecule has 0 fully saturated rings. The Morgan fingerprint density at radius 1 is 1.10 bits per heavy atom. The molecule has 3 rings (SSSR count). The SMILES string of the molecule is CCOC(=O)C1=C(CC(=O)Nc2ccc(OC)cc2)C(=O)N(c2ccc(F)cc2)[C@@H]1C. The first-order valence-electron chi connectivity index (χ1n) is 9.78. The van der Waals surface area contributed by atoms with E-state index < -0.39 is 29.6 Å². The predicted octanol–water partition coefficient (Wildman–Crippen LogP) is 3.46. The summed E-state index contributed by atoms with van der Waals surface area (Å²) in [7, 11) is 1.54. The molecule has 2 amide bonds. The van der Waals surface area contributed by atoms with Crippen molar-refractivity contribution in [3.63, 3.8) is 0 Å². The third kappa shape index (κ3) is 4.74. The molecule has 2 aromatic carbocycles. The maximum Gasteiger partial charge on any atom is 0.336 e. The monoisotopic (exact) mass is 426 g/mol. The number of amides is 2. The first kappa shape index (κ1) is 22.0. The number of halogens is 1. The minimum absolute atomic E-state index is 0.0567. The molecule has 0 saturated heterocycles. The largest absolute Gasteiger partial charge is 0.497 e. The lowest BCUT2D eigenvalue weighted by Gasteiger charge is -2.23. The van der Waals surface area contributed by atoms with Gasteiger partial charge in [-0.15, -0.1) is 0 Å². The highest BCUT2D eigenvalue weighted by Gasteiger charge is 2.41. The summed E-state index contributed by atoms with van der Waals surface area (Å²) < 4.78 is 23.5. The van der Waals surface area contributed by atoms with E-state index >= 15 is 0 Å². The molecule has 0 aromatic heterocycles. The van der Waals surface area contributed by atoms with Crippen LogP contribution < -0.4 is 15.0 Å². The molecule has 1 aliphatic rings. The molecule has 0 spiro atoms. The van der Waals surface area contributed by atoms with Crippen LogP contribution in [0.3, 0.4) is 0 Å². The summed E-state index contributed by atoms with van der Waals surface area (Å²) >= 11 is 0. The molecule has 0 unspecified atom stereocenters. The minimum atomic E-state index is -0.666. The van der Waals surface area contributed by atoms with E-state index in [1.54, 1.807) is 38.1 Å². The van der Waals surface area contributed by atoms with Crippen molar-refractivity contribution in [3.05, 3.63) is 65.5 Å². The van der Waals surface area contributed by atoms with Crippen molar-refractivity contribution >= 4 is 29.2 Å². The van der Waals surface area contributed by atoms with E-state index in [1.807, 2.05) is 0 Å². The Bertz CT molecular complexity index is 1020. The summed E-state index contributed by atoms with van der Waals surface area (Å²) in [4.78, 5) is 39.8. The predicted molar refractivity (Wildman–Crippen MR) is 113 cm³/mol. The Balaban J connectivity index is 1.87. The maximum absolute atomic E-state index is 13.3. The zero-order valence-electron chi connectivity index (χ0n) is 17.5. The number of nitrogens with zero attached hydrogens (tertiary/aromatic N) is 1. The molecule has 0 radical (unpaired) electrons. The van der Waals surface area contributed by atoms with Crippen LogP contribution in [-0.2, 0) is 19.1 Å². The van der Waals surface area contributed by atoms with Crippen LogP contribution in [0.5, 0.6) is 5.75 Å². The number of anilines is 2. The number of benzene rings is 2. The quantitative estimate of drug-likeness (QED) is 0.686. The van der Waals surface area contributed by atoms with Crippen molar-refractivity contribution in [1.29, 1.82) is 0 Å². The van der Waals surface area contributed by atoms with Gasteiger partial charge in [-0.25, -0.2) is 9.18 Å². The van der Waals surface area contributed by atoms with Crippen molar-refractivity contribution in [2.45, 2.75) is 26.3 Å². The second kappa shape index (κ2) is 9.42. The van der Waals surface area contributed by atoms with E-state index in [0.717, 1.165) is 0 Å². The summed E-state index contributed by atoms with van der Waals surface area (Å²) in [5, 5.41) is 2.71. The van der Waals surface area contributed by atoms with Gasteiger partial charge in [0.05, 0.1) is 31.8 Å². The molecule has 162 valence electrons. The molecule has 8 heteroatoms. The zero-order valence-corrected chi connectivity index (χ0v) is 17.5. The first-order valence-corrected chi connectivity index (χ1v) is 9.78. The second-order valence-electron chi connectivity index (χ2n) is 6.89. The topological polar surface area (TPSA) is 84.9 Å². The summed E-state index contributed by atoms with van der Waals surface area (Å²) in [5.41, 5.74) is 1.13. The number of nitrogens with one attached hydrogen (secondary N) is 1. The van der Waals surface area contributed by atoms with Gasteiger partial charge in [-0.2, -0.15) is 0 Å². The Hall–Kier alpha value is -3.68. The van der Waals surface area contributed by atoms with E-state index in [9.17, 15) is 18.8 Å². The average molecular weight is 426 g/mol. The summed E-state index contributed by atoms with van der Waals surface area (Å²) in [5.74, 6) is -1.41. The molecular formula is C23H23FN2O5. The van der Waals surface area contributed by atoms with E-state index in [4.69, 9.17) is 9.47 Å². The molecule has 7 nitrogen and oxygen atoms in total. The Labute approximate surface area is 179 Å². The van der Waals surface area contributed by atoms with Gasteiger partial charge in [-0.3, -0.25) is 9.59 Å². The fourth-order valence-electron chi connectivity index (χ4n) is 3.47. The van der Waals surface area contributed by atoms with Crippen molar-refractivity contribution in [2.75, 3.05) is 23.9 Å². The summed E-state index contributed by atoms with van der Waals surface area (Å²) in [6.45, 7) is 3.46. The van der Waals surface area contributed by atoms with Crippen LogP contribution in [0.4, 0.5) is 15.8 Å². The molecule has 0 bridgehead atoms. The number of carbonyl (C=O) groups is 3. The van der Waals surface area contributed by atoms with E-state index in [1.165, 1.54) is 36.3 Å². The van der Waals surface area contributed by atoms with E-state index in [0.29, 0.717) is 17.1 Å². The van der Waals surface area contributed by atoms with Crippen LogP contribution in [0.15, 0.2) is 59.7 Å². The first-order chi connectivity index (χ1) is 14.8. The molecule has 1 aliphatic heterocycles. The van der Waals surface area contributed by atoms with E-state index in [-0.39, 0.29) is 24.2 Å². The molecule has 0 aliphatic carbocycles. The standard InChI is InChI=1S/C23H23FN2O5/c1-4-31-23(29)21-14(2)26(17-9-5-15(24)6-10-17)22(28)19(21)13-20(27)25-16-7-11-18(30-3)12-8-16/h5-12,14H,4,13H2,1-3H3,(H,25,27)/t14-/m1/s1. The Morgan fingerprint density at radius 2 is 1.74 bits per heavy atom. The maximum atomic E-state index is 13.3. The molecule has 1 heterocycles. The van der Waals surface area contributed by atoms with Gasteiger partial charge in [0.25, 0.3) is 5.91 Å².